The van der Waals surface area contributed by atoms with Gasteiger partial charge in [-0.25, -0.2) is 0 Å². The fourth-order valence-corrected chi connectivity index (χ4v) is 4.65. The molecule has 0 aliphatic heterocycles. The molecule has 0 spiro atoms. The zero-order chi connectivity index (χ0) is 22.8. The van der Waals surface area contributed by atoms with Gasteiger partial charge >= 0.3 is 0 Å². The summed E-state index contributed by atoms with van der Waals surface area (Å²) >= 11 is 13.9. The van der Waals surface area contributed by atoms with Gasteiger partial charge in [0.25, 0.3) is 0 Å². The number of nitrogens with one attached hydrogen (secondary N) is 1. The third kappa shape index (κ3) is 8.06. The molecule has 0 radical (unpaired) electrons. The minimum Gasteiger partial charge on any atom is -0.354 e. The smallest absolute Gasteiger partial charge is 0.242 e. The summed E-state index contributed by atoms with van der Waals surface area (Å²) in [7, 11) is 0. The Morgan fingerprint density at radius 3 is 2.35 bits per heavy atom. The van der Waals surface area contributed by atoms with Crippen LogP contribution in [0.15, 0.2) is 42.5 Å². The van der Waals surface area contributed by atoms with E-state index in [2.05, 4.69) is 12.2 Å². The average Bonchev–Trinajstić information content (AvgIpc) is 2.75. The normalized spacial score (nSPS) is 11.8. The third-order valence-electron chi connectivity index (χ3n) is 5.00. The number of nitrogens with zero attached hydrogens (tertiary/aromatic N) is 1. The van der Waals surface area contributed by atoms with Crippen LogP contribution in [-0.4, -0.2) is 35.1 Å². The van der Waals surface area contributed by atoms with Crippen molar-refractivity contribution in [2.45, 2.75) is 52.0 Å². The number of hydrogen-bond acceptors (Lipinski definition) is 3. The van der Waals surface area contributed by atoms with Crippen LogP contribution < -0.4 is 5.32 Å². The molecular formula is C24H30Cl2N2O2S. The first-order valence-electron chi connectivity index (χ1n) is 10.5. The Hall–Kier alpha value is -1.69. The molecule has 0 saturated heterocycles. The van der Waals surface area contributed by atoms with Crippen LogP contribution in [0, 0.1) is 6.92 Å². The van der Waals surface area contributed by atoms with Crippen LogP contribution in [0.4, 0.5) is 0 Å². The van der Waals surface area contributed by atoms with Crippen molar-refractivity contribution in [3.05, 3.63) is 69.2 Å². The van der Waals surface area contributed by atoms with E-state index < -0.39 is 6.04 Å². The van der Waals surface area contributed by atoms with E-state index in [1.165, 1.54) is 11.8 Å². The largest absolute Gasteiger partial charge is 0.354 e. The molecule has 168 valence electrons. The van der Waals surface area contributed by atoms with Gasteiger partial charge in [0, 0.05) is 28.9 Å². The second-order valence-electron chi connectivity index (χ2n) is 7.52. The van der Waals surface area contributed by atoms with E-state index in [9.17, 15) is 9.59 Å². The lowest BCUT2D eigenvalue weighted by Gasteiger charge is -2.29. The highest BCUT2D eigenvalue weighted by molar-refractivity contribution is 7.99. The molecule has 0 aliphatic rings. The first kappa shape index (κ1) is 25.6. The number of benzene rings is 2. The molecule has 7 heteroatoms. The summed E-state index contributed by atoms with van der Waals surface area (Å²) in [6.07, 6.45) is 1.92. The molecule has 2 amide bonds. The number of hydrogen-bond donors (Lipinski definition) is 1. The van der Waals surface area contributed by atoms with Gasteiger partial charge in [-0.1, -0.05) is 72.4 Å². The molecule has 4 nitrogen and oxygen atoms in total. The second-order valence-corrected chi connectivity index (χ2v) is 9.32. The molecule has 0 saturated carbocycles. The van der Waals surface area contributed by atoms with E-state index in [1.807, 2.05) is 31.2 Å². The van der Waals surface area contributed by atoms with Crippen LogP contribution in [0.5, 0.6) is 0 Å². The van der Waals surface area contributed by atoms with E-state index >= 15 is 0 Å². The summed E-state index contributed by atoms with van der Waals surface area (Å²) in [5, 5.41) is 4.12. The number of carbonyl (C=O) groups excluding carboxylic acids is 2. The molecule has 2 rings (SSSR count). The average molecular weight is 481 g/mol. The highest BCUT2D eigenvalue weighted by Gasteiger charge is 2.26. The van der Waals surface area contributed by atoms with Crippen molar-refractivity contribution in [1.29, 1.82) is 0 Å². The lowest BCUT2D eigenvalue weighted by molar-refractivity contribution is -0.138. The predicted octanol–water partition coefficient (Wildman–Crippen LogP) is 5.87. The molecular weight excluding hydrogens is 451 g/mol. The Morgan fingerprint density at radius 1 is 1.10 bits per heavy atom. The SMILES string of the molecule is CCCCNC(=O)[C@H](C)N(Cc1ccc(C)cc1)C(=O)CSCc1c(Cl)cccc1Cl. The van der Waals surface area contributed by atoms with Gasteiger partial charge in [0.05, 0.1) is 5.75 Å². The van der Waals surface area contributed by atoms with Crippen LogP contribution >= 0.6 is 35.0 Å². The second kappa shape index (κ2) is 13.0. The Morgan fingerprint density at radius 2 is 1.74 bits per heavy atom. The lowest BCUT2D eigenvalue weighted by Crippen LogP contribution is -2.48. The maximum absolute atomic E-state index is 13.1. The first-order valence-corrected chi connectivity index (χ1v) is 12.4. The van der Waals surface area contributed by atoms with Crippen LogP contribution in [0.2, 0.25) is 10.0 Å². The number of aryl methyl sites for hydroxylation is 1. The van der Waals surface area contributed by atoms with E-state index in [0.717, 1.165) is 29.5 Å². The van der Waals surface area contributed by atoms with Gasteiger partial charge in [-0.3, -0.25) is 9.59 Å². The van der Waals surface area contributed by atoms with Crippen molar-refractivity contribution in [3.8, 4) is 0 Å². The first-order chi connectivity index (χ1) is 14.8. The fraction of sp³-hybridized carbons (Fsp3) is 0.417. The molecule has 1 atom stereocenters. The Balaban J connectivity index is 2.07. The number of halogens is 2. The molecule has 0 fully saturated rings. The van der Waals surface area contributed by atoms with Crippen LogP contribution in [-0.2, 0) is 21.9 Å². The van der Waals surface area contributed by atoms with Crippen LogP contribution in [0.3, 0.4) is 0 Å². The van der Waals surface area contributed by atoms with Gasteiger partial charge < -0.3 is 10.2 Å². The van der Waals surface area contributed by atoms with E-state index in [4.69, 9.17) is 23.2 Å². The number of amides is 2. The minimum atomic E-state index is -0.560. The quantitative estimate of drug-likeness (QED) is 0.409. The van der Waals surface area contributed by atoms with Gasteiger partial charge in [-0.05, 0) is 43.5 Å². The summed E-state index contributed by atoms with van der Waals surface area (Å²) < 4.78 is 0. The van der Waals surface area contributed by atoms with Crippen molar-refractivity contribution in [1.82, 2.24) is 10.2 Å². The predicted molar refractivity (Wildman–Crippen MR) is 132 cm³/mol. The van der Waals surface area contributed by atoms with Gasteiger partial charge in [0.15, 0.2) is 0 Å². The van der Waals surface area contributed by atoms with Gasteiger partial charge in [0.2, 0.25) is 11.8 Å². The Kier molecular flexibility index (Phi) is 10.7. The van der Waals surface area contributed by atoms with Crippen LogP contribution in [0.25, 0.3) is 0 Å². The van der Waals surface area contributed by atoms with E-state index in [-0.39, 0.29) is 17.6 Å². The summed E-state index contributed by atoms with van der Waals surface area (Å²) in [5.74, 6) is 0.541. The van der Waals surface area contributed by atoms with Gasteiger partial charge in [0.1, 0.15) is 6.04 Å². The fourth-order valence-electron chi connectivity index (χ4n) is 3.00. The molecule has 0 aromatic heterocycles. The van der Waals surface area contributed by atoms with Crippen molar-refractivity contribution < 1.29 is 9.59 Å². The van der Waals surface area contributed by atoms with Crippen LogP contribution in [0.1, 0.15) is 43.4 Å². The van der Waals surface area contributed by atoms with Crippen molar-refractivity contribution >= 4 is 46.8 Å². The maximum Gasteiger partial charge on any atom is 0.242 e. The number of thioether (sulfide) groups is 1. The third-order valence-corrected chi connectivity index (χ3v) is 6.66. The van der Waals surface area contributed by atoms with Gasteiger partial charge in [-0.2, -0.15) is 0 Å². The molecule has 0 bridgehead atoms. The summed E-state index contributed by atoms with van der Waals surface area (Å²) in [6, 6.07) is 12.8. The number of unbranched alkanes of at least 4 members (excludes halogenated alkanes) is 1. The molecule has 31 heavy (non-hydrogen) atoms. The summed E-state index contributed by atoms with van der Waals surface area (Å²) in [5.41, 5.74) is 2.96. The maximum atomic E-state index is 13.1. The molecule has 0 heterocycles. The van der Waals surface area contributed by atoms with E-state index in [1.54, 1.807) is 30.0 Å². The van der Waals surface area contributed by atoms with Crippen molar-refractivity contribution in [3.63, 3.8) is 0 Å². The Labute approximate surface area is 199 Å². The monoisotopic (exact) mass is 480 g/mol. The minimum absolute atomic E-state index is 0.0908. The zero-order valence-corrected chi connectivity index (χ0v) is 20.6. The number of carbonyl (C=O) groups is 2. The standard InChI is InChI=1S/C24H30Cl2N2O2S/c1-4-5-13-27-24(30)18(3)28(14-19-11-9-17(2)10-12-19)23(29)16-31-15-20-21(25)7-6-8-22(20)26/h6-12,18H,4-5,13-16H2,1-3H3,(H,27,30)/t18-/m0/s1. The van der Waals surface area contributed by atoms with E-state index in [0.29, 0.717) is 28.9 Å². The molecule has 2 aromatic carbocycles. The Bertz CT molecular complexity index is 854. The molecule has 2 aromatic rings. The molecule has 0 aliphatic carbocycles. The lowest BCUT2D eigenvalue weighted by atomic mass is 10.1. The molecule has 0 unspecified atom stereocenters. The van der Waals surface area contributed by atoms with Crippen molar-refractivity contribution in [2.75, 3.05) is 12.3 Å². The molecule has 1 N–H and O–H groups in total. The zero-order valence-electron chi connectivity index (χ0n) is 18.3. The highest BCUT2D eigenvalue weighted by atomic mass is 35.5. The number of rotatable bonds is 11. The topological polar surface area (TPSA) is 49.4 Å². The highest BCUT2D eigenvalue weighted by Crippen LogP contribution is 2.28. The van der Waals surface area contributed by atoms with Crippen molar-refractivity contribution in [2.24, 2.45) is 0 Å². The van der Waals surface area contributed by atoms with Gasteiger partial charge in [-0.15, -0.1) is 11.8 Å². The summed E-state index contributed by atoms with van der Waals surface area (Å²) in [4.78, 5) is 27.4. The summed E-state index contributed by atoms with van der Waals surface area (Å²) in [6.45, 7) is 6.88.